The molecule has 0 saturated heterocycles. The summed E-state index contributed by atoms with van der Waals surface area (Å²) in [5, 5.41) is 11.9. The number of hydrogen-bond acceptors (Lipinski definition) is 5. The lowest BCUT2D eigenvalue weighted by atomic mass is 10.2. The molecule has 0 atom stereocenters. The Morgan fingerprint density at radius 2 is 2.16 bits per heavy atom. The van der Waals surface area contributed by atoms with Crippen LogP contribution < -0.4 is 10.6 Å². The lowest BCUT2D eigenvalue weighted by molar-refractivity contribution is 0.0952. The maximum absolute atomic E-state index is 12.1. The van der Waals surface area contributed by atoms with Crippen LogP contribution in [-0.4, -0.2) is 38.7 Å². The van der Waals surface area contributed by atoms with Crippen LogP contribution in [0.2, 0.25) is 5.02 Å². The van der Waals surface area contributed by atoms with Crippen LogP contribution in [0.3, 0.4) is 0 Å². The molecule has 3 aromatic rings. The Labute approximate surface area is 150 Å². The highest BCUT2D eigenvalue weighted by Gasteiger charge is 2.10. The van der Waals surface area contributed by atoms with Crippen LogP contribution in [0.25, 0.3) is 11.0 Å². The van der Waals surface area contributed by atoms with Crippen molar-refractivity contribution in [1.82, 2.24) is 25.1 Å². The summed E-state index contributed by atoms with van der Waals surface area (Å²) in [5.74, 6) is 0.611. The predicted molar refractivity (Wildman–Crippen MR) is 97.9 cm³/mol. The summed E-state index contributed by atoms with van der Waals surface area (Å²) in [4.78, 5) is 20.7. The van der Waals surface area contributed by atoms with Gasteiger partial charge in [0.2, 0.25) is 0 Å². The van der Waals surface area contributed by atoms with Gasteiger partial charge in [-0.05, 0) is 24.6 Å². The fraction of sp³-hybridized carbons (Fsp3) is 0.294. The third-order valence-electron chi connectivity index (χ3n) is 3.67. The molecule has 0 fully saturated rings. The van der Waals surface area contributed by atoms with Gasteiger partial charge in [-0.2, -0.15) is 5.10 Å². The van der Waals surface area contributed by atoms with Gasteiger partial charge in [0.15, 0.2) is 5.65 Å². The van der Waals surface area contributed by atoms with E-state index in [4.69, 9.17) is 11.6 Å². The van der Waals surface area contributed by atoms with Gasteiger partial charge in [-0.25, -0.2) is 14.6 Å². The lowest BCUT2D eigenvalue weighted by Gasteiger charge is -2.07. The van der Waals surface area contributed by atoms with Crippen molar-refractivity contribution >= 4 is 34.4 Å². The molecule has 0 radical (unpaired) electrons. The molecule has 2 N–H and O–H groups in total. The zero-order valence-electron chi connectivity index (χ0n) is 13.9. The number of rotatable bonds is 7. The third kappa shape index (κ3) is 4.06. The molecule has 2 aromatic heterocycles. The Morgan fingerprint density at radius 3 is 2.96 bits per heavy atom. The van der Waals surface area contributed by atoms with Crippen LogP contribution in [0.5, 0.6) is 0 Å². The molecule has 0 bridgehead atoms. The maximum atomic E-state index is 12.1. The molecule has 3 rings (SSSR count). The molecule has 2 heterocycles. The number of anilines is 1. The lowest BCUT2D eigenvalue weighted by Crippen LogP contribution is -2.27. The summed E-state index contributed by atoms with van der Waals surface area (Å²) in [6.07, 6.45) is 4.27. The standard InChI is InChI=1S/C17H19ClN6O/c1-2-6-19-15-14-10-23-24(16(14)22-11-21-15)8-7-20-17(25)12-4-3-5-13(18)9-12/h3-5,9-11H,2,6-8H2,1H3,(H,20,25)(H,19,21,22). The van der Waals surface area contributed by atoms with Crippen molar-refractivity contribution in [1.29, 1.82) is 0 Å². The summed E-state index contributed by atoms with van der Waals surface area (Å²) in [5.41, 5.74) is 1.27. The van der Waals surface area contributed by atoms with Crippen LogP contribution in [0.15, 0.2) is 36.8 Å². The van der Waals surface area contributed by atoms with Gasteiger partial charge in [0.25, 0.3) is 5.91 Å². The van der Waals surface area contributed by atoms with Gasteiger partial charge in [-0.3, -0.25) is 4.79 Å². The number of nitrogens with zero attached hydrogens (tertiary/aromatic N) is 4. The fourth-order valence-corrected chi connectivity index (χ4v) is 2.64. The number of halogens is 1. The van der Waals surface area contributed by atoms with Crippen LogP contribution in [0.1, 0.15) is 23.7 Å². The van der Waals surface area contributed by atoms with E-state index < -0.39 is 0 Å². The molecule has 0 aliphatic carbocycles. The highest BCUT2D eigenvalue weighted by atomic mass is 35.5. The largest absolute Gasteiger partial charge is 0.369 e. The summed E-state index contributed by atoms with van der Waals surface area (Å²) < 4.78 is 1.76. The van der Waals surface area contributed by atoms with E-state index in [1.54, 1.807) is 35.1 Å². The molecular weight excluding hydrogens is 340 g/mol. The Kier molecular flexibility index (Phi) is 5.45. The Hall–Kier alpha value is -2.67. The van der Waals surface area contributed by atoms with Gasteiger partial charge in [0.05, 0.1) is 18.1 Å². The average molecular weight is 359 g/mol. The minimum absolute atomic E-state index is 0.168. The first-order valence-corrected chi connectivity index (χ1v) is 8.51. The van der Waals surface area contributed by atoms with Crippen LogP contribution in [-0.2, 0) is 6.54 Å². The molecule has 0 unspecified atom stereocenters. The van der Waals surface area contributed by atoms with E-state index in [0.29, 0.717) is 23.7 Å². The minimum Gasteiger partial charge on any atom is -0.369 e. The van der Waals surface area contributed by atoms with E-state index in [0.717, 1.165) is 29.8 Å². The van der Waals surface area contributed by atoms with Crippen molar-refractivity contribution in [2.45, 2.75) is 19.9 Å². The number of nitrogens with one attached hydrogen (secondary N) is 2. The number of fused-ring (bicyclic) bond motifs is 1. The van der Waals surface area contributed by atoms with Crippen molar-refractivity contribution in [2.75, 3.05) is 18.4 Å². The van der Waals surface area contributed by atoms with Crippen molar-refractivity contribution in [3.8, 4) is 0 Å². The molecule has 0 spiro atoms. The molecular formula is C17H19ClN6O. The van der Waals surface area contributed by atoms with Crippen molar-refractivity contribution in [3.63, 3.8) is 0 Å². The number of hydrogen-bond donors (Lipinski definition) is 2. The van der Waals surface area contributed by atoms with Gasteiger partial charge in [0.1, 0.15) is 12.1 Å². The van der Waals surface area contributed by atoms with Gasteiger partial charge >= 0.3 is 0 Å². The molecule has 7 nitrogen and oxygen atoms in total. The topological polar surface area (TPSA) is 84.7 Å². The Bertz CT molecular complexity index is 878. The minimum atomic E-state index is -0.168. The first kappa shape index (κ1) is 17.2. The number of carbonyl (C=O) groups excluding carboxylic acids is 1. The third-order valence-corrected chi connectivity index (χ3v) is 3.91. The number of carbonyl (C=O) groups is 1. The van der Waals surface area contributed by atoms with Crippen LogP contribution in [0, 0.1) is 0 Å². The monoisotopic (exact) mass is 358 g/mol. The van der Waals surface area contributed by atoms with Gasteiger partial charge < -0.3 is 10.6 Å². The van der Waals surface area contributed by atoms with E-state index in [9.17, 15) is 4.79 Å². The second-order valence-electron chi connectivity index (χ2n) is 5.52. The molecule has 130 valence electrons. The molecule has 1 aromatic carbocycles. The van der Waals surface area contributed by atoms with Gasteiger partial charge in [-0.1, -0.05) is 24.6 Å². The van der Waals surface area contributed by atoms with Crippen LogP contribution >= 0.6 is 11.6 Å². The SMILES string of the molecule is CCCNc1ncnc2c1cnn2CCNC(=O)c1cccc(Cl)c1. The highest BCUT2D eigenvalue weighted by molar-refractivity contribution is 6.30. The highest BCUT2D eigenvalue weighted by Crippen LogP contribution is 2.18. The van der Waals surface area contributed by atoms with E-state index in [1.807, 2.05) is 0 Å². The smallest absolute Gasteiger partial charge is 0.251 e. The molecule has 0 aliphatic heterocycles. The molecule has 0 aliphatic rings. The Balaban J connectivity index is 1.64. The fourth-order valence-electron chi connectivity index (χ4n) is 2.45. The second-order valence-corrected chi connectivity index (χ2v) is 5.96. The maximum Gasteiger partial charge on any atom is 0.251 e. The van der Waals surface area contributed by atoms with Gasteiger partial charge in [-0.15, -0.1) is 0 Å². The average Bonchev–Trinajstić information content (AvgIpc) is 3.03. The number of amides is 1. The van der Waals surface area contributed by atoms with E-state index in [1.165, 1.54) is 6.33 Å². The van der Waals surface area contributed by atoms with E-state index >= 15 is 0 Å². The number of aromatic nitrogens is 4. The van der Waals surface area contributed by atoms with Crippen molar-refractivity contribution < 1.29 is 4.79 Å². The van der Waals surface area contributed by atoms with Crippen LogP contribution in [0.4, 0.5) is 5.82 Å². The molecule has 0 saturated carbocycles. The van der Waals surface area contributed by atoms with Crippen molar-refractivity contribution in [3.05, 3.63) is 47.4 Å². The van der Waals surface area contributed by atoms with Crippen molar-refractivity contribution in [2.24, 2.45) is 0 Å². The second kappa shape index (κ2) is 7.94. The number of benzene rings is 1. The first-order chi connectivity index (χ1) is 12.2. The van der Waals surface area contributed by atoms with Gasteiger partial charge in [0, 0.05) is 23.7 Å². The molecule has 25 heavy (non-hydrogen) atoms. The predicted octanol–water partition coefficient (Wildman–Crippen LogP) is 2.73. The normalized spacial score (nSPS) is 10.8. The molecule has 1 amide bonds. The van der Waals surface area contributed by atoms with E-state index in [2.05, 4.69) is 32.6 Å². The summed E-state index contributed by atoms with van der Waals surface area (Å²) >= 11 is 5.91. The summed E-state index contributed by atoms with van der Waals surface area (Å²) in [7, 11) is 0. The van der Waals surface area contributed by atoms with E-state index in [-0.39, 0.29) is 5.91 Å². The summed E-state index contributed by atoms with van der Waals surface area (Å²) in [6, 6.07) is 6.85. The Morgan fingerprint density at radius 1 is 1.28 bits per heavy atom. The quantitative estimate of drug-likeness (QED) is 0.678. The molecule has 8 heteroatoms. The zero-order valence-corrected chi connectivity index (χ0v) is 14.6. The summed E-state index contributed by atoms with van der Waals surface area (Å²) in [6.45, 7) is 3.88. The first-order valence-electron chi connectivity index (χ1n) is 8.13. The zero-order chi connectivity index (χ0) is 17.6.